The molecule has 0 saturated heterocycles. The van der Waals surface area contributed by atoms with E-state index in [2.05, 4.69) is 16.9 Å². The number of nitrogens with zero attached hydrogens (tertiary/aromatic N) is 2. The van der Waals surface area contributed by atoms with Crippen LogP contribution in [0.2, 0.25) is 0 Å². The van der Waals surface area contributed by atoms with Crippen LogP contribution in [0.25, 0.3) is 0 Å². The minimum absolute atomic E-state index is 0.143. The Morgan fingerprint density at radius 2 is 2.22 bits per heavy atom. The molecule has 0 bridgehead atoms. The summed E-state index contributed by atoms with van der Waals surface area (Å²) in [5.41, 5.74) is 6.75. The van der Waals surface area contributed by atoms with Gasteiger partial charge in [-0.05, 0) is 38.6 Å². The predicted molar refractivity (Wildman–Crippen MR) is 69.7 cm³/mol. The molecule has 18 heavy (non-hydrogen) atoms. The molecule has 1 rings (SSSR count). The number of hydrogen-bond donors (Lipinski definition) is 1. The van der Waals surface area contributed by atoms with Crippen LogP contribution < -0.4 is 5.73 Å². The molecule has 102 valence electrons. The standard InChI is InChI=1S/C13H22FN3O/c1-17(7-3-9-18-2)8-6-12(15)13-5-4-11(14)10-16-13/h4-5,10,12H,3,6-9,15H2,1-2H3. The van der Waals surface area contributed by atoms with Crippen molar-refractivity contribution in [1.29, 1.82) is 0 Å². The summed E-state index contributed by atoms with van der Waals surface area (Å²) in [5, 5.41) is 0. The second-order valence-electron chi connectivity index (χ2n) is 4.45. The van der Waals surface area contributed by atoms with Gasteiger partial charge in [0.1, 0.15) is 5.82 Å². The first-order chi connectivity index (χ1) is 8.63. The van der Waals surface area contributed by atoms with Crippen molar-refractivity contribution < 1.29 is 9.13 Å². The number of aromatic nitrogens is 1. The number of halogens is 1. The molecule has 0 aromatic carbocycles. The number of rotatable bonds is 8. The fraction of sp³-hybridized carbons (Fsp3) is 0.615. The zero-order valence-electron chi connectivity index (χ0n) is 11.1. The number of nitrogens with two attached hydrogens (primary N) is 1. The zero-order chi connectivity index (χ0) is 13.4. The summed E-state index contributed by atoms with van der Waals surface area (Å²) in [5.74, 6) is -0.331. The number of ether oxygens (including phenoxy) is 1. The number of hydrogen-bond acceptors (Lipinski definition) is 4. The van der Waals surface area contributed by atoms with Crippen molar-refractivity contribution in [2.45, 2.75) is 18.9 Å². The van der Waals surface area contributed by atoms with E-state index in [1.807, 2.05) is 0 Å². The zero-order valence-corrected chi connectivity index (χ0v) is 11.1. The minimum Gasteiger partial charge on any atom is -0.385 e. The van der Waals surface area contributed by atoms with E-state index in [4.69, 9.17) is 10.5 Å². The Morgan fingerprint density at radius 1 is 1.44 bits per heavy atom. The van der Waals surface area contributed by atoms with E-state index < -0.39 is 0 Å². The third-order valence-corrected chi connectivity index (χ3v) is 2.84. The van der Waals surface area contributed by atoms with E-state index >= 15 is 0 Å². The smallest absolute Gasteiger partial charge is 0.141 e. The van der Waals surface area contributed by atoms with Gasteiger partial charge in [0.05, 0.1) is 11.9 Å². The molecular weight excluding hydrogens is 233 g/mol. The summed E-state index contributed by atoms with van der Waals surface area (Å²) in [6.45, 7) is 2.65. The van der Waals surface area contributed by atoms with Crippen molar-refractivity contribution in [2.75, 3.05) is 33.9 Å². The lowest BCUT2D eigenvalue weighted by molar-refractivity contribution is 0.178. The Morgan fingerprint density at radius 3 is 2.83 bits per heavy atom. The molecule has 0 saturated carbocycles. The van der Waals surface area contributed by atoms with Crippen LogP contribution >= 0.6 is 0 Å². The molecular formula is C13H22FN3O. The van der Waals surface area contributed by atoms with Gasteiger partial charge in [0, 0.05) is 26.3 Å². The van der Waals surface area contributed by atoms with Gasteiger partial charge in [-0.1, -0.05) is 0 Å². The van der Waals surface area contributed by atoms with E-state index in [0.29, 0.717) is 0 Å². The summed E-state index contributed by atoms with van der Waals surface area (Å²) < 4.78 is 17.7. The number of methoxy groups -OCH3 is 1. The molecule has 1 aromatic rings. The van der Waals surface area contributed by atoms with E-state index in [1.165, 1.54) is 12.3 Å². The van der Waals surface area contributed by atoms with Crippen LogP contribution in [0, 0.1) is 5.82 Å². The van der Waals surface area contributed by atoms with Gasteiger partial charge in [-0.15, -0.1) is 0 Å². The molecule has 1 heterocycles. The maximum atomic E-state index is 12.7. The largest absolute Gasteiger partial charge is 0.385 e. The monoisotopic (exact) mass is 255 g/mol. The van der Waals surface area contributed by atoms with E-state index in [-0.39, 0.29) is 11.9 Å². The summed E-state index contributed by atoms with van der Waals surface area (Å²) in [7, 11) is 3.76. The highest BCUT2D eigenvalue weighted by molar-refractivity contribution is 5.09. The summed E-state index contributed by atoms with van der Waals surface area (Å²) in [6, 6.07) is 2.89. The number of pyridine rings is 1. The average molecular weight is 255 g/mol. The Bertz CT molecular complexity index is 332. The van der Waals surface area contributed by atoms with Crippen LogP contribution in [0.1, 0.15) is 24.6 Å². The third kappa shape index (κ3) is 5.53. The lowest BCUT2D eigenvalue weighted by Crippen LogP contribution is -2.25. The molecule has 0 spiro atoms. The maximum absolute atomic E-state index is 12.7. The normalized spacial score (nSPS) is 12.9. The van der Waals surface area contributed by atoms with Crippen molar-refractivity contribution in [2.24, 2.45) is 5.73 Å². The second-order valence-corrected chi connectivity index (χ2v) is 4.45. The van der Waals surface area contributed by atoms with Gasteiger partial charge in [0.25, 0.3) is 0 Å². The van der Waals surface area contributed by atoms with Crippen molar-refractivity contribution in [3.05, 3.63) is 29.8 Å². The van der Waals surface area contributed by atoms with Crippen molar-refractivity contribution in [1.82, 2.24) is 9.88 Å². The van der Waals surface area contributed by atoms with Gasteiger partial charge in [-0.2, -0.15) is 0 Å². The molecule has 1 atom stereocenters. The van der Waals surface area contributed by atoms with Crippen molar-refractivity contribution in [3.63, 3.8) is 0 Å². The van der Waals surface area contributed by atoms with Gasteiger partial charge >= 0.3 is 0 Å². The molecule has 1 aromatic heterocycles. The summed E-state index contributed by atoms with van der Waals surface area (Å²) in [4.78, 5) is 6.20. The molecule has 2 N–H and O–H groups in total. The average Bonchev–Trinajstić information content (AvgIpc) is 2.37. The third-order valence-electron chi connectivity index (χ3n) is 2.84. The Kier molecular flexibility index (Phi) is 6.78. The highest BCUT2D eigenvalue weighted by Gasteiger charge is 2.09. The van der Waals surface area contributed by atoms with Crippen LogP contribution in [0.5, 0.6) is 0 Å². The fourth-order valence-electron chi connectivity index (χ4n) is 1.70. The molecule has 0 radical (unpaired) electrons. The highest BCUT2D eigenvalue weighted by Crippen LogP contribution is 2.11. The van der Waals surface area contributed by atoms with Crippen molar-refractivity contribution in [3.8, 4) is 0 Å². The first-order valence-corrected chi connectivity index (χ1v) is 6.18. The minimum atomic E-state index is -0.331. The fourth-order valence-corrected chi connectivity index (χ4v) is 1.70. The van der Waals surface area contributed by atoms with Crippen LogP contribution in [0.4, 0.5) is 4.39 Å². The van der Waals surface area contributed by atoms with Gasteiger partial charge < -0.3 is 15.4 Å². The van der Waals surface area contributed by atoms with Crippen LogP contribution in [-0.2, 0) is 4.74 Å². The molecule has 0 aliphatic heterocycles. The van der Waals surface area contributed by atoms with Gasteiger partial charge in [-0.3, -0.25) is 4.98 Å². The van der Waals surface area contributed by atoms with E-state index in [9.17, 15) is 4.39 Å². The maximum Gasteiger partial charge on any atom is 0.141 e. The Labute approximate surface area is 108 Å². The van der Waals surface area contributed by atoms with Crippen molar-refractivity contribution >= 4 is 0 Å². The molecule has 0 aliphatic carbocycles. The Balaban J connectivity index is 2.27. The molecule has 5 heteroatoms. The topological polar surface area (TPSA) is 51.4 Å². The molecule has 0 amide bonds. The Hall–Kier alpha value is -1.04. The summed E-state index contributed by atoms with van der Waals surface area (Å²) in [6.07, 6.45) is 3.02. The van der Waals surface area contributed by atoms with E-state index in [1.54, 1.807) is 13.2 Å². The van der Waals surface area contributed by atoms with Gasteiger partial charge in [0.2, 0.25) is 0 Å². The van der Waals surface area contributed by atoms with Crippen LogP contribution in [0.15, 0.2) is 18.3 Å². The molecule has 0 aliphatic rings. The molecule has 1 unspecified atom stereocenters. The van der Waals surface area contributed by atoms with Gasteiger partial charge in [0.15, 0.2) is 0 Å². The first kappa shape index (κ1) is 15.0. The van der Waals surface area contributed by atoms with Gasteiger partial charge in [-0.25, -0.2) is 4.39 Å². The molecule has 0 fully saturated rings. The summed E-state index contributed by atoms with van der Waals surface area (Å²) >= 11 is 0. The van der Waals surface area contributed by atoms with Crippen LogP contribution in [0.3, 0.4) is 0 Å². The van der Waals surface area contributed by atoms with E-state index in [0.717, 1.165) is 38.2 Å². The predicted octanol–water partition coefficient (Wildman–Crippen LogP) is 1.58. The quantitative estimate of drug-likeness (QED) is 0.717. The lowest BCUT2D eigenvalue weighted by atomic mass is 10.1. The highest BCUT2D eigenvalue weighted by atomic mass is 19.1. The van der Waals surface area contributed by atoms with Crippen LogP contribution in [-0.4, -0.2) is 43.7 Å². The lowest BCUT2D eigenvalue weighted by Gasteiger charge is -2.18. The molecule has 4 nitrogen and oxygen atoms in total. The first-order valence-electron chi connectivity index (χ1n) is 6.18. The second kappa shape index (κ2) is 8.13. The SMILES string of the molecule is COCCCN(C)CCC(N)c1ccc(F)cn1.